The molecule has 0 radical (unpaired) electrons. The van der Waals surface area contributed by atoms with Gasteiger partial charge in [0.1, 0.15) is 10.9 Å². The Kier molecular flexibility index (Phi) is 6.56. The molecular formula is C23H20ClF3N6. The molecule has 1 aliphatic rings. The Labute approximate surface area is 194 Å². The lowest BCUT2D eigenvalue weighted by Gasteiger charge is -2.26. The fraction of sp³-hybridized carbons (Fsp3) is 0.261. The van der Waals surface area contributed by atoms with Crippen LogP contribution in [-0.4, -0.2) is 27.0 Å². The van der Waals surface area contributed by atoms with Crippen molar-refractivity contribution >= 4 is 23.2 Å². The number of halogens is 4. The predicted molar refractivity (Wildman–Crippen MR) is 121 cm³/mol. The summed E-state index contributed by atoms with van der Waals surface area (Å²) >= 11 is 5.98. The molecule has 1 atom stereocenters. The number of rotatable bonds is 4. The fourth-order valence-electron chi connectivity index (χ4n) is 3.90. The average molecular weight is 473 g/mol. The Hall–Kier alpha value is -3.51. The molecule has 0 unspecified atom stereocenters. The summed E-state index contributed by atoms with van der Waals surface area (Å²) in [5, 5.41) is 7.58. The molecule has 1 N–H and O–H groups in total. The zero-order chi connectivity index (χ0) is 23.4. The van der Waals surface area contributed by atoms with Crippen molar-refractivity contribution in [2.24, 2.45) is 5.10 Å². The number of guanidine groups is 1. The molecule has 10 heteroatoms. The molecule has 0 saturated carbocycles. The van der Waals surface area contributed by atoms with Crippen LogP contribution in [0.3, 0.4) is 0 Å². The summed E-state index contributed by atoms with van der Waals surface area (Å²) in [6, 6.07) is 12.1. The minimum absolute atomic E-state index is 0.130. The first-order valence-electron chi connectivity index (χ1n) is 10.3. The van der Waals surface area contributed by atoms with Crippen molar-refractivity contribution in [3.63, 3.8) is 0 Å². The average Bonchev–Trinajstić information content (AvgIpc) is 3.44. The number of nitrogens with zero attached hydrogens (tertiary/aromatic N) is 5. The molecule has 4 rings (SSSR count). The topological polar surface area (TPSA) is 49.8 Å². The normalized spacial score (nSPS) is 16.6. The second kappa shape index (κ2) is 9.55. The highest BCUT2D eigenvalue weighted by Crippen LogP contribution is 2.33. The van der Waals surface area contributed by atoms with Crippen molar-refractivity contribution in [3.05, 3.63) is 94.4 Å². The van der Waals surface area contributed by atoms with E-state index in [4.69, 9.17) is 18.2 Å². The molecule has 1 fully saturated rings. The molecule has 1 aromatic heterocycles. The molecule has 33 heavy (non-hydrogen) atoms. The van der Waals surface area contributed by atoms with Gasteiger partial charge in [-0.15, -0.1) is 4.95 Å². The highest BCUT2D eigenvalue weighted by atomic mass is 35.5. The minimum atomic E-state index is -4.41. The Bertz CT molecular complexity index is 1160. The van der Waals surface area contributed by atoms with Gasteiger partial charge in [-0.2, -0.15) is 19.7 Å². The molecular weight excluding hydrogens is 453 g/mol. The molecule has 6 nitrogen and oxygen atoms in total. The zero-order valence-corrected chi connectivity index (χ0v) is 18.2. The maximum absolute atomic E-state index is 12.9. The third kappa shape index (κ3) is 5.29. The van der Waals surface area contributed by atoms with Crippen molar-refractivity contribution in [2.75, 3.05) is 11.9 Å². The van der Waals surface area contributed by atoms with Crippen LogP contribution in [0.1, 0.15) is 35.8 Å². The van der Waals surface area contributed by atoms with E-state index in [2.05, 4.69) is 20.4 Å². The number of nitrogens with one attached hydrogen (secondary N) is 1. The first kappa shape index (κ1) is 22.7. The van der Waals surface area contributed by atoms with Crippen LogP contribution in [0.25, 0.3) is 4.95 Å². The van der Waals surface area contributed by atoms with Gasteiger partial charge in [-0.3, -0.25) is 0 Å². The molecule has 1 aliphatic heterocycles. The quantitative estimate of drug-likeness (QED) is 0.218. The SMILES string of the molecule is [C-]#[N+]/N=C(\Nc1ccc(C(F)(F)F)cc1)N1CCC[C@@H]1c1nccn1Cc1ccc(Cl)cc1. The van der Waals surface area contributed by atoms with E-state index < -0.39 is 11.7 Å². The summed E-state index contributed by atoms with van der Waals surface area (Å²) in [5.41, 5.74) is 0.752. The van der Waals surface area contributed by atoms with Crippen LogP contribution in [0, 0.1) is 6.57 Å². The molecule has 2 aromatic carbocycles. The van der Waals surface area contributed by atoms with E-state index in [-0.39, 0.29) is 12.0 Å². The summed E-state index contributed by atoms with van der Waals surface area (Å²) in [5.74, 6) is 1.11. The maximum Gasteiger partial charge on any atom is 0.416 e. The number of alkyl halides is 3. The highest BCUT2D eigenvalue weighted by Gasteiger charge is 2.34. The number of likely N-dealkylation sites (tertiary alicyclic amines) is 1. The molecule has 0 spiro atoms. The molecule has 3 aromatic rings. The van der Waals surface area contributed by atoms with Gasteiger partial charge in [-0.25, -0.2) is 4.98 Å². The number of anilines is 1. The van der Waals surface area contributed by atoms with Crippen molar-refractivity contribution in [1.82, 2.24) is 14.5 Å². The maximum atomic E-state index is 12.9. The van der Waals surface area contributed by atoms with Crippen LogP contribution in [0.5, 0.6) is 0 Å². The van der Waals surface area contributed by atoms with Crippen LogP contribution in [0.4, 0.5) is 18.9 Å². The van der Waals surface area contributed by atoms with Crippen molar-refractivity contribution in [2.45, 2.75) is 31.6 Å². The summed E-state index contributed by atoms with van der Waals surface area (Å²) < 4.78 is 40.6. The van der Waals surface area contributed by atoms with Gasteiger partial charge in [0.15, 0.2) is 0 Å². The van der Waals surface area contributed by atoms with Gasteiger partial charge < -0.3 is 14.8 Å². The Balaban J connectivity index is 1.55. The third-order valence-corrected chi connectivity index (χ3v) is 5.70. The van der Waals surface area contributed by atoms with Crippen LogP contribution >= 0.6 is 11.6 Å². The number of imidazole rings is 1. The van der Waals surface area contributed by atoms with E-state index in [0.717, 1.165) is 36.4 Å². The molecule has 0 amide bonds. The van der Waals surface area contributed by atoms with Gasteiger partial charge in [0.2, 0.25) is 0 Å². The second-order valence-electron chi connectivity index (χ2n) is 7.61. The third-order valence-electron chi connectivity index (χ3n) is 5.45. The highest BCUT2D eigenvalue weighted by molar-refractivity contribution is 6.30. The Morgan fingerprint density at radius 3 is 2.58 bits per heavy atom. The van der Waals surface area contributed by atoms with Gasteiger partial charge in [0, 0.05) is 36.2 Å². The summed E-state index contributed by atoms with van der Waals surface area (Å²) in [6.45, 7) is 8.47. The van der Waals surface area contributed by atoms with Gasteiger partial charge in [0.25, 0.3) is 5.96 Å². The van der Waals surface area contributed by atoms with Crippen LogP contribution in [-0.2, 0) is 12.7 Å². The fourth-order valence-corrected chi connectivity index (χ4v) is 4.03. The van der Waals surface area contributed by atoms with Crippen LogP contribution < -0.4 is 5.32 Å². The van der Waals surface area contributed by atoms with E-state index in [1.807, 2.05) is 39.9 Å². The first-order valence-corrected chi connectivity index (χ1v) is 10.6. The van der Waals surface area contributed by atoms with E-state index in [1.54, 1.807) is 6.20 Å². The Morgan fingerprint density at radius 1 is 1.18 bits per heavy atom. The second-order valence-corrected chi connectivity index (χ2v) is 8.05. The monoisotopic (exact) mass is 472 g/mol. The largest absolute Gasteiger partial charge is 0.416 e. The van der Waals surface area contributed by atoms with E-state index in [9.17, 15) is 13.2 Å². The molecule has 170 valence electrons. The van der Waals surface area contributed by atoms with E-state index in [0.29, 0.717) is 23.8 Å². The standard InChI is InChI=1S/C23H20ClF3N6/c1-28-31-22(30-19-10-6-17(7-11-19)23(25,26)27)33-13-2-3-20(33)21-29-12-14-32(21)15-16-4-8-18(24)9-5-16/h4-12,14,20H,2-3,13,15H2,(H,30,31)/t20-/m1/s1. The minimum Gasteiger partial charge on any atom is -0.329 e. The van der Waals surface area contributed by atoms with Gasteiger partial charge in [-0.1, -0.05) is 23.7 Å². The van der Waals surface area contributed by atoms with Crippen molar-refractivity contribution in [1.29, 1.82) is 0 Å². The van der Waals surface area contributed by atoms with Gasteiger partial charge >= 0.3 is 6.18 Å². The Morgan fingerprint density at radius 2 is 1.91 bits per heavy atom. The van der Waals surface area contributed by atoms with Gasteiger partial charge in [0.05, 0.1) is 11.6 Å². The van der Waals surface area contributed by atoms with E-state index in [1.165, 1.54) is 12.1 Å². The predicted octanol–water partition coefficient (Wildman–Crippen LogP) is 6.04. The van der Waals surface area contributed by atoms with Crippen LogP contribution in [0.15, 0.2) is 66.0 Å². The number of aromatic nitrogens is 2. The van der Waals surface area contributed by atoms with E-state index >= 15 is 0 Å². The number of benzene rings is 2. The lowest BCUT2D eigenvalue weighted by atomic mass is 10.2. The summed E-state index contributed by atoms with van der Waals surface area (Å²) in [4.78, 5) is 9.66. The molecule has 0 aliphatic carbocycles. The van der Waals surface area contributed by atoms with Crippen molar-refractivity contribution in [3.8, 4) is 0 Å². The summed E-state index contributed by atoms with van der Waals surface area (Å²) in [7, 11) is 0. The summed E-state index contributed by atoms with van der Waals surface area (Å²) in [6.07, 6.45) is 0.896. The smallest absolute Gasteiger partial charge is 0.329 e. The first-order chi connectivity index (χ1) is 15.8. The van der Waals surface area contributed by atoms with Crippen molar-refractivity contribution < 1.29 is 13.2 Å². The number of hydrogen-bond acceptors (Lipinski definition) is 2. The number of hydrogen-bond donors (Lipinski definition) is 1. The zero-order valence-electron chi connectivity index (χ0n) is 17.4. The van der Waals surface area contributed by atoms with Crippen LogP contribution in [0.2, 0.25) is 5.02 Å². The lowest BCUT2D eigenvalue weighted by Crippen LogP contribution is -2.36. The van der Waals surface area contributed by atoms with Gasteiger partial charge in [-0.05, 0) is 54.8 Å². The molecule has 0 bridgehead atoms. The molecule has 1 saturated heterocycles. The molecule has 2 heterocycles. The lowest BCUT2D eigenvalue weighted by molar-refractivity contribution is -0.137.